The van der Waals surface area contributed by atoms with Crippen LogP contribution in [-0.4, -0.2) is 113 Å². The number of sulfone groups is 1. The zero-order valence-electron chi connectivity index (χ0n) is 34.1. The molecule has 3 saturated carbocycles. The van der Waals surface area contributed by atoms with Crippen LogP contribution in [0.15, 0.2) is 35.4 Å². The summed E-state index contributed by atoms with van der Waals surface area (Å²) in [4.78, 5) is 70.1. The molecule has 2 aliphatic heterocycles. The molecule has 328 valence electrons. The Bertz CT molecular complexity index is 2210. The van der Waals surface area contributed by atoms with E-state index in [0.717, 1.165) is 57.8 Å². The summed E-state index contributed by atoms with van der Waals surface area (Å²) in [5.74, 6) is -5.44. The number of amides is 4. The molecular formula is C40H56N8O10S2. The van der Waals surface area contributed by atoms with E-state index in [-0.39, 0.29) is 47.2 Å². The number of ketones is 1. The number of Topliss-reactive ketones (excluding diaryl/α,β-unsaturated/α-hetero) is 1. The topological polar surface area (TPSA) is 270 Å². The van der Waals surface area contributed by atoms with Crippen LogP contribution in [0, 0.1) is 11.3 Å². The van der Waals surface area contributed by atoms with Crippen molar-refractivity contribution in [1.82, 2.24) is 35.2 Å². The lowest BCUT2D eigenvalue weighted by atomic mass is 9.54. The lowest BCUT2D eigenvalue weighted by Crippen LogP contribution is -2.64. The second-order valence-corrected chi connectivity index (χ2v) is 22.3. The highest BCUT2D eigenvalue weighted by Gasteiger charge is 2.51. The molecular weight excluding hydrogens is 817 g/mol. The molecule has 0 radical (unpaired) electrons. The van der Waals surface area contributed by atoms with Crippen molar-refractivity contribution >= 4 is 49.3 Å². The van der Waals surface area contributed by atoms with E-state index in [1.165, 1.54) is 60.3 Å². The van der Waals surface area contributed by atoms with Gasteiger partial charge in [0.2, 0.25) is 27.6 Å². The van der Waals surface area contributed by atoms with Crippen LogP contribution in [0.1, 0.15) is 126 Å². The van der Waals surface area contributed by atoms with Crippen molar-refractivity contribution in [3.8, 4) is 0 Å². The Kier molecular flexibility index (Phi) is 12.1. The first-order chi connectivity index (χ1) is 28.2. The van der Waals surface area contributed by atoms with Crippen LogP contribution in [0.4, 0.5) is 0 Å². The number of rotatable bonds is 14. The first-order valence-electron chi connectivity index (χ1n) is 20.9. The van der Waals surface area contributed by atoms with E-state index in [9.17, 15) is 45.9 Å². The number of nitrogens with zero attached hydrogens (tertiary/aromatic N) is 4. The number of carbonyl (C=O) groups excluding carboxylic acids is 5. The Morgan fingerprint density at radius 1 is 0.983 bits per heavy atom. The molecule has 5 aliphatic rings. The number of hydrogen-bond donors (Lipinski definition) is 5. The van der Waals surface area contributed by atoms with Crippen LogP contribution >= 0.6 is 0 Å². The highest BCUT2D eigenvalue weighted by atomic mass is 32.2. The quantitative estimate of drug-likeness (QED) is 0.167. The fourth-order valence-corrected chi connectivity index (χ4v) is 12.7. The maximum atomic E-state index is 14.9. The third kappa shape index (κ3) is 9.16. The van der Waals surface area contributed by atoms with Gasteiger partial charge in [0, 0.05) is 24.6 Å². The van der Waals surface area contributed by atoms with Crippen LogP contribution in [-0.2, 0) is 44.6 Å². The summed E-state index contributed by atoms with van der Waals surface area (Å²) in [5, 5.41) is 24.6. The Labute approximate surface area is 350 Å². The van der Waals surface area contributed by atoms with E-state index < -0.39 is 103 Å². The third-order valence-corrected chi connectivity index (χ3v) is 16.7. The number of benzene rings is 1. The Morgan fingerprint density at radius 2 is 1.63 bits per heavy atom. The van der Waals surface area contributed by atoms with E-state index in [0.29, 0.717) is 5.69 Å². The van der Waals surface area contributed by atoms with Crippen molar-refractivity contribution in [2.75, 3.05) is 18.1 Å². The smallest absolute Gasteiger partial charge is 0.287 e. The van der Waals surface area contributed by atoms with Gasteiger partial charge in [-0.15, -0.1) is 5.10 Å². The third-order valence-electron chi connectivity index (χ3n) is 13.5. The molecule has 1 aromatic carbocycles. The van der Waals surface area contributed by atoms with Crippen molar-refractivity contribution in [3.63, 3.8) is 0 Å². The summed E-state index contributed by atoms with van der Waals surface area (Å²) < 4.78 is 55.4. The van der Waals surface area contributed by atoms with Crippen molar-refractivity contribution in [1.29, 1.82) is 0 Å². The minimum Gasteiger partial charge on any atom is -0.384 e. The van der Waals surface area contributed by atoms with Crippen LogP contribution in [0.25, 0.3) is 0 Å². The van der Waals surface area contributed by atoms with Gasteiger partial charge in [-0.3, -0.25) is 24.0 Å². The number of nitrogens with two attached hydrogens (primary N) is 1. The summed E-state index contributed by atoms with van der Waals surface area (Å²) in [6, 6.07) is 2.23. The summed E-state index contributed by atoms with van der Waals surface area (Å²) >= 11 is 0. The summed E-state index contributed by atoms with van der Waals surface area (Å²) in [6.45, 7) is 2.95. The second-order valence-electron chi connectivity index (χ2n) is 18.3. The molecule has 1 spiro atoms. The lowest BCUT2D eigenvalue weighted by Gasteiger charge is -2.54. The number of carbonyl (C=O) groups is 5. The van der Waals surface area contributed by atoms with Gasteiger partial charge in [0.25, 0.3) is 11.8 Å². The normalized spacial score (nSPS) is 25.4. The molecule has 3 atom stereocenters. The molecule has 0 unspecified atom stereocenters. The van der Waals surface area contributed by atoms with E-state index in [1.807, 2.05) is 0 Å². The van der Waals surface area contributed by atoms with Gasteiger partial charge in [-0.2, -0.15) is 0 Å². The zero-order chi connectivity index (χ0) is 43.3. The van der Waals surface area contributed by atoms with E-state index in [4.69, 9.17) is 5.73 Å². The van der Waals surface area contributed by atoms with Gasteiger partial charge in [0.15, 0.2) is 9.84 Å². The van der Waals surface area contributed by atoms with Gasteiger partial charge in [-0.05, 0) is 94.4 Å². The van der Waals surface area contributed by atoms with Gasteiger partial charge >= 0.3 is 0 Å². The van der Waals surface area contributed by atoms with Gasteiger partial charge < -0.3 is 26.4 Å². The highest BCUT2D eigenvalue weighted by molar-refractivity contribution is 7.91. The fraction of sp³-hybridized carbons (Fsp3) is 0.675. The van der Waals surface area contributed by atoms with E-state index >= 15 is 0 Å². The molecule has 0 bridgehead atoms. The largest absolute Gasteiger partial charge is 0.384 e. The van der Waals surface area contributed by atoms with Crippen molar-refractivity contribution in [2.24, 2.45) is 17.1 Å². The number of primary amides is 1. The number of aliphatic hydroxyl groups is 1. The van der Waals surface area contributed by atoms with E-state index in [2.05, 4.69) is 25.7 Å². The minimum atomic E-state index is -3.83. The first-order valence-corrected chi connectivity index (χ1v) is 24.2. The molecule has 3 heterocycles. The molecule has 6 N–H and O–H groups in total. The van der Waals surface area contributed by atoms with Crippen LogP contribution < -0.4 is 21.1 Å². The predicted molar refractivity (Wildman–Crippen MR) is 216 cm³/mol. The van der Waals surface area contributed by atoms with Crippen LogP contribution in [0.3, 0.4) is 0 Å². The van der Waals surface area contributed by atoms with E-state index in [1.54, 1.807) is 0 Å². The number of likely N-dealkylation sites (tertiary alicyclic amines) is 1. The fourth-order valence-electron chi connectivity index (χ4n) is 9.93. The van der Waals surface area contributed by atoms with Gasteiger partial charge in [-0.25, -0.2) is 26.2 Å². The molecule has 2 saturated heterocycles. The maximum Gasteiger partial charge on any atom is 0.287 e. The monoisotopic (exact) mass is 872 g/mol. The standard InChI is InChI=1S/C40H56N8O10S2/c1-38(2,54)32-23-42-46-48(32)28-20-31(36(52)44-40(33(49)34(41)50)15-17-59(55,56)18-16-40)47(24-28)37(53)30(19-25-7-4-3-5-8-25)43-35(51)26-9-11-29(12-10-26)60(57,58)45-27-21-39(22-27)13-6-14-39/h9-12,23,25,27-28,30-31,45,54H,3-8,13-22,24H2,1-2H3,(H2,41,50)(H,43,51)(H,44,52)/t28-,30+,31-/m0/s1. The summed E-state index contributed by atoms with van der Waals surface area (Å²) in [6.07, 6.45) is 10.4. The van der Waals surface area contributed by atoms with Gasteiger partial charge in [-0.1, -0.05) is 43.7 Å². The highest BCUT2D eigenvalue weighted by Crippen LogP contribution is 2.56. The summed E-state index contributed by atoms with van der Waals surface area (Å²) in [5.41, 5.74) is 2.77. The Morgan fingerprint density at radius 3 is 2.22 bits per heavy atom. The minimum absolute atomic E-state index is 0.0158. The average Bonchev–Trinajstić information content (AvgIpc) is 3.85. The Hall–Kier alpha value is -4.27. The molecule has 1 aromatic heterocycles. The first kappa shape index (κ1) is 43.8. The SMILES string of the molecule is CC(C)(O)c1cnnn1[C@H]1C[C@@H](C(=O)NC2(C(=O)C(N)=O)CCS(=O)(=O)CC2)N(C(=O)[C@@H](CC2CCCCC2)NC(=O)c2ccc(S(=O)(=O)NC3CC4(CCC4)C3)cc2)C1. The molecule has 2 aromatic rings. The molecule has 4 amide bonds. The Balaban J connectivity index is 1.15. The van der Waals surface area contributed by atoms with Crippen molar-refractivity contribution in [2.45, 2.75) is 144 Å². The second kappa shape index (κ2) is 16.5. The molecule has 60 heavy (non-hydrogen) atoms. The lowest BCUT2D eigenvalue weighted by molar-refractivity contribution is -0.145. The molecule has 5 fully saturated rings. The summed E-state index contributed by atoms with van der Waals surface area (Å²) in [7, 11) is -7.39. The van der Waals surface area contributed by atoms with Crippen molar-refractivity contribution < 1.29 is 45.9 Å². The molecule has 3 aliphatic carbocycles. The van der Waals surface area contributed by atoms with Gasteiger partial charge in [0.05, 0.1) is 34.3 Å². The number of hydrogen-bond acceptors (Lipinski definition) is 12. The predicted octanol–water partition coefficient (Wildman–Crippen LogP) is 1.15. The van der Waals surface area contributed by atoms with Crippen LogP contribution in [0.5, 0.6) is 0 Å². The maximum absolute atomic E-state index is 14.9. The molecule has 7 rings (SSSR count). The number of sulfonamides is 1. The zero-order valence-corrected chi connectivity index (χ0v) is 35.7. The van der Waals surface area contributed by atoms with Gasteiger partial charge in [0.1, 0.15) is 23.2 Å². The van der Waals surface area contributed by atoms with Crippen LogP contribution in [0.2, 0.25) is 0 Å². The van der Waals surface area contributed by atoms with Crippen molar-refractivity contribution in [3.05, 3.63) is 41.7 Å². The average molecular weight is 873 g/mol. The molecule has 20 heteroatoms. The number of nitrogens with one attached hydrogen (secondary N) is 3. The molecule has 18 nitrogen and oxygen atoms in total. The number of aromatic nitrogens is 3.